The number of benzene rings is 1. The predicted octanol–water partition coefficient (Wildman–Crippen LogP) is 2.94. The molecule has 0 saturated carbocycles. The first kappa shape index (κ1) is 17.8. The van der Waals surface area contributed by atoms with Crippen LogP contribution in [0.15, 0.2) is 42.7 Å². The van der Waals surface area contributed by atoms with E-state index in [1.165, 1.54) is 12.1 Å². The molecule has 2 aromatic rings. The summed E-state index contributed by atoms with van der Waals surface area (Å²) in [6.07, 6.45) is 5.66. The first-order chi connectivity index (χ1) is 12.5. The molecule has 0 aliphatic carbocycles. The lowest BCUT2D eigenvalue weighted by molar-refractivity contribution is -0.385. The van der Waals surface area contributed by atoms with Crippen molar-refractivity contribution < 1.29 is 9.72 Å². The van der Waals surface area contributed by atoms with Crippen molar-refractivity contribution in [2.45, 2.75) is 19.8 Å². The summed E-state index contributed by atoms with van der Waals surface area (Å²) in [5.41, 5.74) is 2.12. The summed E-state index contributed by atoms with van der Waals surface area (Å²) in [4.78, 5) is 29.2. The quantitative estimate of drug-likeness (QED) is 0.659. The van der Waals surface area contributed by atoms with Gasteiger partial charge in [0.15, 0.2) is 0 Å². The van der Waals surface area contributed by atoms with E-state index in [2.05, 4.69) is 21.3 Å². The lowest BCUT2D eigenvalue weighted by atomic mass is 9.96. The molecule has 1 N–H and O–H groups in total. The van der Waals surface area contributed by atoms with E-state index in [0.29, 0.717) is 23.6 Å². The lowest BCUT2D eigenvalue weighted by Crippen LogP contribution is -2.38. The normalized spacial score (nSPS) is 14.9. The van der Waals surface area contributed by atoms with Gasteiger partial charge in [0.25, 0.3) is 11.6 Å². The maximum atomic E-state index is 12.3. The van der Waals surface area contributed by atoms with E-state index in [4.69, 9.17) is 0 Å². The maximum Gasteiger partial charge on any atom is 0.272 e. The molecule has 0 atom stereocenters. The summed E-state index contributed by atoms with van der Waals surface area (Å²) >= 11 is 0. The molecule has 2 heterocycles. The molecule has 7 nitrogen and oxygen atoms in total. The van der Waals surface area contributed by atoms with Crippen LogP contribution < -0.4 is 10.2 Å². The number of nitrogens with one attached hydrogen (secondary N) is 1. The summed E-state index contributed by atoms with van der Waals surface area (Å²) in [7, 11) is 0. The number of aryl methyl sites for hydroxylation is 1. The van der Waals surface area contributed by atoms with Crippen LogP contribution in [-0.4, -0.2) is 35.4 Å². The van der Waals surface area contributed by atoms with Gasteiger partial charge in [-0.05, 0) is 49.9 Å². The van der Waals surface area contributed by atoms with Crippen LogP contribution >= 0.6 is 0 Å². The summed E-state index contributed by atoms with van der Waals surface area (Å²) < 4.78 is 0. The first-order valence-electron chi connectivity index (χ1n) is 8.73. The number of carbonyl (C=O) groups excluding carboxylic acids is 1. The van der Waals surface area contributed by atoms with Crippen molar-refractivity contribution in [3.63, 3.8) is 0 Å². The van der Waals surface area contributed by atoms with Gasteiger partial charge in [-0.25, -0.2) is 0 Å². The molecule has 7 heteroatoms. The van der Waals surface area contributed by atoms with Crippen molar-refractivity contribution in [1.29, 1.82) is 0 Å². The Bertz CT molecular complexity index is 787. The number of hydrogen-bond acceptors (Lipinski definition) is 5. The van der Waals surface area contributed by atoms with E-state index in [0.717, 1.165) is 31.6 Å². The summed E-state index contributed by atoms with van der Waals surface area (Å²) in [5, 5.41) is 13.8. The fourth-order valence-corrected chi connectivity index (χ4v) is 3.28. The van der Waals surface area contributed by atoms with Gasteiger partial charge in [0.2, 0.25) is 0 Å². The number of piperidine rings is 1. The zero-order chi connectivity index (χ0) is 18.5. The van der Waals surface area contributed by atoms with Crippen molar-refractivity contribution in [2.75, 3.05) is 24.5 Å². The van der Waals surface area contributed by atoms with E-state index >= 15 is 0 Å². The number of nitro groups is 1. The molecule has 0 radical (unpaired) electrons. The molecule has 0 spiro atoms. The van der Waals surface area contributed by atoms with Crippen LogP contribution in [0.4, 0.5) is 11.4 Å². The monoisotopic (exact) mass is 354 g/mol. The van der Waals surface area contributed by atoms with E-state index < -0.39 is 4.92 Å². The van der Waals surface area contributed by atoms with E-state index in [1.54, 1.807) is 19.2 Å². The van der Waals surface area contributed by atoms with Gasteiger partial charge >= 0.3 is 0 Å². The molecule has 1 aromatic heterocycles. The molecule has 1 aromatic carbocycles. The molecule has 1 aliphatic rings. The number of nitro benzene ring substituents is 1. The van der Waals surface area contributed by atoms with Crippen molar-refractivity contribution in [3.05, 3.63) is 64.0 Å². The van der Waals surface area contributed by atoms with Crippen molar-refractivity contribution in [3.8, 4) is 0 Å². The van der Waals surface area contributed by atoms with Crippen LogP contribution in [0.3, 0.4) is 0 Å². The first-order valence-corrected chi connectivity index (χ1v) is 8.73. The highest BCUT2D eigenvalue weighted by molar-refractivity contribution is 5.94. The lowest BCUT2D eigenvalue weighted by Gasteiger charge is -2.33. The third kappa shape index (κ3) is 4.17. The fraction of sp³-hybridized carbons (Fsp3) is 0.368. The van der Waals surface area contributed by atoms with Crippen LogP contribution in [0.1, 0.15) is 28.8 Å². The number of pyridine rings is 1. The number of rotatable bonds is 5. The van der Waals surface area contributed by atoms with Gasteiger partial charge < -0.3 is 10.2 Å². The molecular weight excluding hydrogens is 332 g/mol. The highest BCUT2D eigenvalue weighted by Gasteiger charge is 2.20. The summed E-state index contributed by atoms with van der Waals surface area (Å²) in [6.45, 7) is 4.16. The van der Waals surface area contributed by atoms with Gasteiger partial charge in [0, 0.05) is 43.0 Å². The minimum atomic E-state index is -0.437. The van der Waals surface area contributed by atoms with Gasteiger partial charge in [0.05, 0.1) is 16.8 Å². The smallest absolute Gasteiger partial charge is 0.272 e. The fourth-order valence-electron chi connectivity index (χ4n) is 3.28. The Hall–Kier alpha value is -2.96. The van der Waals surface area contributed by atoms with E-state index in [-0.39, 0.29) is 11.6 Å². The Kier molecular flexibility index (Phi) is 5.46. The standard InChI is InChI=1S/C19H22N4O3/c1-14-11-16(4-5-18(14)23(25)26)19(24)21-12-15-6-9-22(10-7-15)17-3-2-8-20-13-17/h2-5,8,11,13,15H,6-7,9-10,12H2,1H3,(H,21,24). The largest absolute Gasteiger partial charge is 0.370 e. The van der Waals surface area contributed by atoms with Gasteiger partial charge in [0.1, 0.15) is 0 Å². The number of amides is 1. The van der Waals surface area contributed by atoms with Gasteiger partial charge in [-0.2, -0.15) is 0 Å². The number of nitrogens with zero attached hydrogens (tertiary/aromatic N) is 3. The molecule has 1 amide bonds. The minimum Gasteiger partial charge on any atom is -0.370 e. The molecule has 3 rings (SSSR count). The average molecular weight is 354 g/mol. The molecular formula is C19H22N4O3. The third-order valence-corrected chi connectivity index (χ3v) is 4.83. The number of hydrogen-bond donors (Lipinski definition) is 1. The molecule has 0 unspecified atom stereocenters. The zero-order valence-electron chi connectivity index (χ0n) is 14.7. The Labute approximate surface area is 152 Å². The maximum absolute atomic E-state index is 12.3. The molecule has 1 aliphatic heterocycles. The zero-order valence-corrected chi connectivity index (χ0v) is 14.7. The number of aromatic nitrogens is 1. The highest BCUT2D eigenvalue weighted by Crippen LogP contribution is 2.22. The van der Waals surface area contributed by atoms with Crippen LogP contribution in [0, 0.1) is 23.0 Å². The van der Waals surface area contributed by atoms with Crippen molar-refractivity contribution in [2.24, 2.45) is 5.92 Å². The predicted molar refractivity (Wildman–Crippen MR) is 99.3 cm³/mol. The minimum absolute atomic E-state index is 0.0318. The molecule has 1 saturated heterocycles. The second-order valence-electron chi connectivity index (χ2n) is 6.61. The molecule has 26 heavy (non-hydrogen) atoms. The van der Waals surface area contributed by atoms with E-state index in [1.807, 2.05) is 12.3 Å². The molecule has 136 valence electrons. The van der Waals surface area contributed by atoms with Gasteiger partial charge in [-0.15, -0.1) is 0 Å². The van der Waals surface area contributed by atoms with E-state index in [9.17, 15) is 14.9 Å². The second-order valence-corrected chi connectivity index (χ2v) is 6.61. The third-order valence-electron chi connectivity index (χ3n) is 4.83. The Morgan fingerprint density at radius 1 is 1.35 bits per heavy atom. The highest BCUT2D eigenvalue weighted by atomic mass is 16.6. The Morgan fingerprint density at radius 3 is 2.73 bits per heavy atom. The summed E-state index contributed by atoms with van der Waals surface area (Å²) in [6, 6.07) is 8.46. The van der Waals surface area contributed by atoms with Crippen LogP contribution in [0.2, 0.25) is 0 Å². The van der Waals surface area contributed by atoms with Gasteiger partial charge in [-0.1, -0.05) is 0 Å². The summed E-state index contributed by atoms with van der Waals surface area (Å²) in [5.74, 6) is 0.253. The Balaban J connectivity index is 1.50. The average Bonchev–Trinajstić information content (AvgIpc) is 2.67. The second kappa shape index (κ2) is 7.95. The SMILES string of the molecule is Cc1cc(C(=O)NCC2CCN(c3cccnc3)CC2)ccc1[N+](=O)[O-]. The van der Waals surface area contributed by atoms with Crippen molar-refractivity contribution >= 4 is 17.3 Å². The van der Waals surface area contributed by atoms with Gasteiger partial charge in [-0.3, -0.25) is 19.9 Å². The molecule has 1 fully saturated rings. The van der Waals surface area contributed by atoms with Crippen LogP contribution in [0.5, 0.6) is 0 Å². The molecule has 0 bridgehead atoms. The number of carbonyl (C=O) groups is 1. The Morgan fingerprint density at radius 2 is 2.12 bits per heavy atom. The number of anilines is 1. The van der Waals surface area contributed by atoms with Crippen LogP contribution in [0.25, 0.3) is 0 Å². The van der Waals surface area contributed by atoms with Crippen molar-refractivity contribution in [1.82, 2.24) is 10.3 Å². The topological polar surface area (TPSA) is 88.4 Å². The van der Waals surface area contributed by atoms with Crippen LogP contribution in [-0.2, 0) is 0 Å².